The fourth-order valence-electron chi connectivity index (χ4n) is 2.85. The summed E-state index contributed by atoms with van der Waals surface area (Å²) in [5, 5.41) is 0.632. The van der Waals surface area contributed by atoms with Gasteiger partial charge in [0.2, 0.25) is 0 Å². The number of carbonyl (C=O) groups excluding carboxylic acids is 1. The molecular formula is C18H18ClNO3. The number of hydrogen-bond donors (Lipinski definition) is 1. The second-order valence-electron chi connectivity index (χ2n) is 5.41. The molecule has 0 radical (unpaired) electrons. The number of benzene rings is 2. The fourth-order valence-corrected chi connectivity index (χ4v) is 3.05. The summed E-state index contributed by atoms with van der Waals surface area (Å²) >= 11 is 6.12. The van der Waals surface area contributed by atoms with E-state index in [1.165, 1.54) is 0 Å². The number of fused-ring (bicyclic) bond motifs is 1. The highest BCUT2D eigenvalue weighted by molar-refractivity contribution is 6.30. The van der Waals surface area contributed by atoms with E-state index in [0.29, 0.717) is 30.3 Å². The molecule has 0 aliphatic carbocycles. The Kier molecular flexibility index (Phi) is 4.96. The van der Waals surface area contributed by atoms with Crippen LogP contribution in [0.3, 0.4) is 0 Å². The first-order chi connectivity index (χ1) is 11.2. The molecule has 0 aromatic heterocycles. The summed E-state index contributed by atoms with van der Waals surface area (Å²) in [6.07, 6.45) is 1.27. The molecule has 23 heavy (non-hydrogen) atoms. The quantitative estimate of drug-likeness (QED) is 0.826. The van der Waals surface area contributed by atoms with Crippen LogP contribution in [0.15, 0.2) is 36.4 Å². The second-order valence-corrected chi connectivity index (χ2v) is 5.85. The Morgan fingerprint density at radius 3 is 2.96 bits per heavy atom. The zero-order valence-electron chi connectivity index (χ0n) is 12.6. The maximum atomic E-state index is 11.3. The SMILES string of the molecule is NCCOC(c1cccc(Cl)c1)c1cc(C=O)cc2c1OCC2. The van der Waals surface area contributed by atoms with Crippen LogP contribution in [0.5, 0.6) is 5.75 Å². The van der Waals surface area contributed by atoms with Crippen molar-refractivity contribution >= 4 is 17.9 Å². The Morgan fingerprint density at radius 1 is 1.35 bits per heavy atom. The molecule has 1 heterocycles. The molecule has 3 rings (SSSR count). The van der Waals surface area contributed by atoms with Gasteiger partial charge in [0.1, 0.15) is 18.1 Å². The predicted octanol–water partition coefficient (Wildman–Crippen LogP) is 3.15. The first kappa shape index (κ1) is 16.0. The minimum atomic E-state index is -0.371. The van der Waals surface area contributed by atoms with Crippen molar-refractivity contribution in [3.63, 3.8) is 0 Å². The molecule has 1 atom stereocenters. The standard InChI is InChI=1S/C18H18ClNO3/c19-15-3-1-2-13(10-15)17(23-7-5-20)16-9-12(11-21)8-14-4-6-22-18(14)16/h1-3,8-11,17H,4-7,20H2. The van der Waals surface area contributed by atoms with Gasteiger partial charge in [-0.3, -0.25) is 4.79 Å². The van der Waals surface area contributed by atoms with E-state index in [-0.39, 0.29) is 6.10 Å². The first-order valence-electron chi connectivity index (χ1n) is 7.55. The maximum absolute atomic E-state index is 11.3. The van der Waals surface area contributed by atoms with Crippen molar-refractivity contribution in [1.29, 1.82) is 0 Å². The molecule has 1 aliphatic rings. The molecule has 0 fully saturated rings. The van der Waals surface area contributed by atoms with E-state index < -0.39 is 0 Å². The van der Waals surface area contributed by atoms with E-state index in [9.17, 15) is 4.79 Å². The fraction of sp³-hybridized carbons (Fsp3) is 0.278. The van der Waals surface area contributed by atoms with Crippen LogP contribution < -0.4 is 10.5 Å². The summed E-state index contributed by atoms with van der Waals surface area (Å²) in [6, 6.07) is 11.2. The minimum absolute atomic E-state index is 0.371. The molecule has 1 unspecified atom stereocenters. The van der Waals surface area contributed by atoms with Crippen molar-refractivity contribution < 1.29 is 14.3 Å². The van der Waals surface area contributed by atoms with Crippen molar-refractivity contribution in [3.8, 4) is 5.75 Å². The van der Waals surface area contributed by atoms with E-state index in [1.807, 2.05) is 36.4 Å². The smallest absolute Gasteiger partial charge is 0.150 e. The van der Waals surface area contributed by atoms with E-state index in [0.717, 1.165) is 35.1 Å². The van der Waals surface area contributed by atoms with Gasteiger partial charge in [0, 0.05) is 29.1 Å². The van der Waals surface area contributed by atoms with Crippen LogP contribution in [0.25, 0.3) is 0 Å². The van der Waals surface area contributed by atoms with Crippen molar-refractivity contribution in [2.45, 2.75) is 12.5 Å². The first-order valence-corrected chi connectivity index (χ1v) is 7.92. The van der Waals surface area contributed by atoms with Gasteiger partial charge in [-0.25, -0.2) is 0 Å². The molecule has 0 spiro atoms. The highest BCUT2D eigenvalue weighted by Crippen LogP contribution is 2.39. The Balaban J connectivity index is 2.10. The third kappa shape index (κ3) is 3.39. The van der Waals surface area contributed by atoms with Crippen LogP contribution in [0.2, 0.25) is 5.02 Å². The van der Waals surface area contributed by atoms with Crippen LogP contribution in [0, 0.1) is 0 Å². The summed E-state index contributed by atoms with van der Waals surface area (Å²) in [4.78, 5) is 11.3. The normalized spacial score (nSPS) is 14.2. The number of halogens is 1. The van der Waals surface area contributed by atoms with Crippen LogP contribution in [-0.4, -0.2) is 26.0 Å². The molecule has 2 N–H and O–H groups in total. The summed E-state index contributed by atoms with van der Waals surface area (Å²) in [5.74, 6) is 0.803. The van der Waals surface area contributed by atoms with Crippen LogP contribution in [-0.2, 0) is 11.2 Å². The molecular weight excluding hydrogens is 314 g/mol. The Bertz CT molecular complexity index is 717. The van der Waals surface area contributed by atoms with Gasteiger partial charge in [-0.15, -0.1) is 0 Å². The average Bonchev–Trinajstić information content (AvgIpc) is 3.03. The van der Waals surface area contributed by atoms with Crippen molar-refractivity contribution in [1.82, 2.24) is 0 Å². The summed E-state index contributed by atoms with van der Waals surface area (Å²) < 4.78 is 11.7. The number of ether oxygens (including phenoxy) is 2. The van der Waals surface area contributed by atoms with Crippen LogP contribution >= 0.6 is 11.6 Å². The van der Waals surface area contributed by atoms with E-state index >= 15 is 0 Å². The summed E-state index contributed by atoms with van der Waals surface area (Å²) in [6.45, 7) is 1.43. The van der Waals surface area contributed by atoms with Crippen LogP contribution in [0.4, 0.5) is 0 Å². The molecule has 120 valence electrons. The van der Waals surface area contributed by atoms with E-state index in [2.05, 4.69) is 0 Å². The molecule has 2 aromatic rings. The zero-order valence-corrected chi connectivity index (χ0v) is 13.4. The summed E-state index contributed by atoms with van der Waals surface area (Å²) in [7, 11) is 0. The summed E-state index contributed by atoms with van der Waals surface area (Å²) in [5.41, 5.74) is 9.00. The van der Waals surface area contributed by atoms with Gasteiger partial charge in [0.05, 0.1) is 13.2 Å². The van der Waals surface area contributed by atoms with Crippen molar-refractivity contribution in [3.05, 3.63) is 63.7 Å². The van der Waals surface area contributed by atoms with Gasteiger partial charge in [-0.05, 0) is 35.4 Å². The zero-order chi connectivity index (χ0) is 16.2. The van der Waals surface area contributed by atoms with Crippen molar-refractivity contribution in [2.24, 2.45) is 5.73 Å². The Hall–Kier alpha value is -1.88. The average molecular weight is 332 g/mol. The predicted molar refractivity (Wildman–Crippen MR) is 89.3 cm³/mol. The second kappa shape index (κ2) is 7.13. The van der Waals surface area contributed by atoms with Gasteiger partial charge < -0.3 is 15.2 Å². The number of hydrogen-bond acceptors (Lipinski definition) is 4. The number of carbonyl (C=O) groups is 1. The molecule has 0 saturated carbocycles. The van der Waals surface area contributed by atoms with E-state index in [4.69, 9.17) is 26.8 Å². The lowest BCUT2D eigenvalue weighted by molar-refractivity contribution is 0.0844. The van der Waals surface area contributed by atoms with Crippen LogP contribution in [0.1, 0.15) is 33.2 Å². The van der Waals surface area contributed by atoms with Gasteiger partial charge >= 0.3 is 0 Å². The van der Waals surface area contributed by atoms with Gasteiger partial charge in [-0.2, -0.15) is 0 Å². The lowest BCUT2D eigenvalue weighted by Crippen LogP contribution is -2.14. The van der Waals surface area contributed by atoms with E-state index in [1.54, 1.807) is 0 Å². The van der Waals surface area contributed by atoms with Gasteiger partial charge in [-0.1, -0.05) is 23.7 Å². The maximum Gasteiger partial charge on any atom is 0.150 e. The molecule has 0 amide bonds. The number of aldehydes is 1. The van der Waals surface area contributed by atoms with Crippen molar-refractivity contribution in [2.75, 3.05) is 19.8 Å². The number of rotatable bonds is 6. The van der Waals surface area contributed by atoms with Gasteiger partial charge in [0.25, 0.3) is 0 Å². The largest absolute Gasteiger partial charge is 0.493 e. The Morgan fingerprint density at radius 2 is 2.22 bits per heavy atom. The minimum Gasteiger partial charge on any atom is -0.493 e. The lowest BCUT2D eigenvalue weighted by Gasteiger charge is -2.21. The molecule has 2 aromatic carbocycles. The topological polar surface area (TPSA) is 61.5 Å². The highest BCUT2D eigenvalue weighted by Gasteiger charge is 2.25. The third-order valence-corrected chi connectivity index (χ3v) is 4.04. The lowest BCUT2D eigenvalue weighted by atomic mass is 9.96. The monoisotopic (exact) mass is 331 g/mol. The highest BCUT2D eigenvalue weighted by atomic mass is 35.5. The molecule has 4 nitrogen and oxygen atoms in total. The number of nitrogens with two attached hydrogens (primary N) is 1. The molecule has 0 saturated heterocycles. The van der Waals surface area contributed by atoms with Gasteiger partial charge in [0.15, 0.2) is 0 Å². The third-order valence-electron chi connectivity index (χ3n) is 3.81. The Labute approximate surface area is 140 Å². The molecule has 5 heteroatoms. The molecule has 1 aliphatic heterocycles. The molecule has 0 bridgehead atoms.